The van der Waals surface area contributed by atoms with E-state index in [0.29, 0.717) is 22.8 Å². The van der Waals surface area contributed by atoms with Crippen LogP contribution in [0.5, 0.6) is 0 Å². The van der Waals surface area contributed by atoms with Gasteiger partial charge in [0.15, 0.2) is 5.60 Å². The van der Waals surface area contributed by atoms with Gasteiger partial charge in [-0.25, -0.2) is 4.98 Å². The first-order valence-electron chi connectivity index (χ1n) is 8.32. The molecule has 2 atom stereocenters. The van der Waals surface area contributed by atoms with Gasteiger partial charge in [-0.05, 0) is 25.5 Å². The lowest BCUT2D eigenvalue weighted by molar-refractivity contribution is -0.150. The molecule has 2 aromatic rings. The zero-order chi connectivity index (χ0) is 17.9. The zero-order valence-corrected chi connectivity index (χ0v) is 15.1. The number of hydrazine groups is 1. The summed E-state index contributed by atoms with van der Waals surface area (Å²) in [5.41, 5.74) is 6.01. The van der Waals surface area contributed by atoms with Crippen LogP contribution < -0.4 is 10.9 Å². The number of carbonyl (C=O) groups is 2. The molecular weight excluding hydrogens is 338 g/mol. The molecule has 1 saturated heterocycles. The summed E-state index contributed by atoms with van der Waals surface area (Å²) in [6.45, 7) is 3.95. The molecule has 1 aliphatic heterocycles. The monoisotopic (exact) mass is 359 g/mol. The summed E-state index contributed by atoms with van der Waals surface area (Å²) >= 11 is 1.36. The number of hydrogen-bond acceptors (Lipinski definition) is 6. The molecule has 1 fully saturated rings. The highest BCUT2D eigenvalue weighted by molar-refractivity contribution is 7.13. The van der Waals surface area contributed by atoms with Crippen molar-refractivity contribution in [3.05, 3.63) is 47.0 Å². The number of anilines is 1. The minimum atomic E-state index is -0.698. The third-order valence-electron chi connectivity index (χ3n) is 4.30. The van der Waals surface area contributed by atoms with E-state index < -0.39 is 5.60 Å². The SMILES string of the molecule is CCC[C@@H]1C[C@](C)(c2csc(NNC(=O)c3ccccc3)n2)OC1=O. The fourth-order valence-electron chi connectivity index (χ4n) is 2.97. The fourth-order valence-corrected chi connectivity index (χ4v) is 3.76. The van der Waals surface area contributed by atoms with Crippen LogP contribution >= 0.6 is 11.3 Å². The van der Waals surface area contributed by atoms with E-state index in [1.54, 1.807) is 24.3 Å². The number of aromatic nitrogens is 1. The van der Waals surface area contributed by atoms with E-state index in [1.807, 2.05) is 18.4 Å². The van der Waals surface area contributed by atoms with Crippen LogP contribution in [0.15, 0.2) is 35.7 Å². The molecule has 1 aromatic carbocycles. The molecule has 0 radical (unpaired) electrons. The summed E-state index contributed by atoms with van der Waals surface area (Å²) in [7, 11) is 0. The maximum Gasteiger partial charge on any atom is 0.310 e. The number of rotatable bonds is 6. The van der Waals surface area contributed by atoms with Crippen molar-refractivity contribution in [2.24, 2.45) is 5.92 Å². The quantitative estimate of drug-likeness (QED) is 0.610. The van der Waals surface area contributed by atoms with Crippen LogP contribution in [0.25, 0.3) is 0 Å². The number of benzene rings is 1. The van der Waals surface area contributed by atoms with Crippen LogP contribution in [0.4, 0.5) is 5.13 Å². The lowest BCUT2D eigenvalue weighted by Crippen LogP contribution is -2.29. The van der Waals surface area contributed by atoms with Gasteiger partial charge in [-0.2, -0.15) is 0 Å². The van der Waals surface area contributed by atoms with Crippen LogP contribution in [-0.4, -0.2) is 16.9 Å². The van der Waals surface area contributed by atoms with Crippen LogP contribution in [0.2, 0.25) is 0 Å². The Bertz CT molecular complexity index is 762. The number of carbonyl (C=O) groups excluding carboxylic acids is 2. The largest absolute Gasteiger partial charge is 0.453 e. The van der Waals surface area contributed by atoms with Crippen molar-refractivity contribution in [2.75, 3.05) is 5.43 Å². The second-order valence-corrected chi connectivity index (χ2v) is 7.18. The average molecular weight is 359 g/mol. The summed E-state index contributed by atoms with van der Waals surface area (Å²) < 4.78 is 5.60. The molecule has 132 valence electrons. The second-order valence-electron chi connectivity index (χ2n) is 6.32. The third kappa shape index (κ3) is 3.82. The molecule has 0 unspecified atom stereocenters. The molecule has 1 amide bonds. The fraction of sp³-hybridized carbons (Fsp3) is 0.389. The minimum Gasteiger partial charge on any atom is -0.453 e. The van der Waals surface area contributed by atoms with Crippen molar-refractivity contribution in [2.45, 2.75) is 38.7 Å². The molecule has 7 heteroatoms. The summed E-state index contributed by atoms with van der Waals surface area (Å²) in [6.07, 6.45) is 2.42. The first kappa shape index (κ1) is 17.4. The van der Waals surface area contributed by atoms with E-state index in [-0.39, 0.29) is 17.8 Å². The van der Waals surface area contributed by atoms with Gasteiger partial charge in [0.1, 0.15) is 0 Å². The van der Waals surface area contributed by atoms with Crippen molar-refractivity contribution in [1.82, 2.24) is 10.4 Å². The van der Waals surface area contributed by atoms with Gasteiger partial charge < -0.3 is 4.74 Å². The summed E-state index contributed by atoms with van der Waals surface area (Å²) in [6, 6.07) is 8.93. The van der Waals surface area contributed by atoms with Gasteiger partial charge >= 0.3 is 5.97 Å². The van der Waals surface area contributed by atoms with E-state index in [9.17, 15) is 9.59 Å². The summed E-state index contributed by atoms with van der Waals surface area (Å²) in [4.78, 5) is 28.5. The Labute approximate surface area is 150 Å². The van der Waals surface area contributed by atoms with Crippen molar-refractivity contribution in [1.29, 1.82) is 0 Å². The van der Waals surface area contributed by atoms with Gasteiger partial charge in [-0.15, -0.1) is 11.3 Å². The van der Waals surface area contributed by atoms with E-state index >= 15 is 0 Å². The average Bonchev–Trinajstić information content (AvgIpc) is 3.20. The first-order chi connectivity index (χ1) is 12.0. The standard InChI is InChI=1S/C18H21N3O3S/c1-3-7-13-10-18(2,24-16(13)23)14-11-25-17(19-14)21-20-15(22)12-8-5-4-6-9-12/h4-6,8-9,11,13H,3,7,10H2,1-2H3,(H,19,21)(H,20,22)/t13-,18-/m1/s1. The molecule has 0 aliphatic carbocycles. The zero-order valence-electron chi connectivity index (χ0n) is 14.2. The first-order valence-corrected chi connectivity index (χ1v) is 9.20. The van der Waals surface area contributed by atoms with Gasteiger partial charge in [0.05, 0.1) is 11.6 Å². The Kier molecular flexibility index (Phi) is 5.03. The van der Waals surface area contributed by atoms with E-state index in [4.69, 9.17) is 4.74 Å². The predicted molar refractivity (Wildman–Crippen MR) is 96.1 cm³/mol. The van der Waals surface area contributed by atoms with Crippen molar-refractivity contribution >= 4 is 28.3 Å². The molecule has 25 heavy (non-hydrogen) atoms. The maximum atomic E-state index is 12.0. The van der Waals surface area contributed by atoms with Crippen molar-refractivity contribution in [3.63, 3.8) is 0 Å². The summed E-state index contributed by atoms with van der Waals surface area (Å²) in [5, 5.41) is 2.41. The van der Waals surface area contributed by atoms with Crippen LogP contribution in [0.3, 0.4) is 0 Å². The summed E-state index contributed by atoms with van der Waals surface area (Å²) in [5.74, 6) is -0.450. The van der Waals surface area contributed by atoms with Crippen LogP contribution in [0.1, 0.15) is 49.2 Å². The van der Waals surface area contributed by atoms with Gasteiger partial charge in [-0.1, -0.05) is 31.5 Å². The van der Waals surface area contributed by atoms with Crippen LogP contribution in [0, 0.1) is 5.92 Å². The molecule has 1 aliphatic rings. The van der Waals surface area contributed by atoms with E-state index in [2.05, 4.69) is 22.8 Å². The molecule has 2 heterocycles. The number of nitrogens with one attached hydrogen (secondary N) is 2. The lowest BCUT2D eigenvalue weighted by Gasteiger charge is -2.19. The number of cyclic esters (lactones) is 1. The number of nitrogens with zero attached hydrogens (tertiary/aromatic N) is 1. The van der Waals surface area contributed by atoms with Gasteiger partial charge in [0, 0.05) is 17.4 Å². The highest BCUT2D eigenvalue weighted by Gasteiger charge is 2.45. The highest BCUT2D eigenvalue weighted by Crippen LogP contribution is 2.41. The molecule has 0 bridgehead atoms. The minimum absolute atomic E-state index is 0.0640. The molecule has 3 rings (SSSR count). The molecule has 6 nitrogen and oxygen atoms in total. The van der Waals surface area contributed by atoms with Gasteiger partial charge in [0.2, 0.25) is 5.13 Å². The van der Waals surface area contributed by atoms with Crippen molar-refractivity contribution in [3.8, 4) is 0 Å². The van der Waals surface area contributed by atoms with Gasteiger partial charge in [0.25, 0.3) is 5.91 Å². The number of hydrogen-bond donors (Lipinski definition) is 2. The molecule has 0 spiro atoms. The topological polar surface area (TPSA) is 80.3 Å². The lowest BCUT2D eigenvalue weighted by atomic mass is 9.91. The van der Waals surface area contributed by atoms with Crippen molar-refractivity contribution < 1.29 is 14.3 Å². The molecule has 0 saturated carbocycles. The Morgan fingerprint density at radius 1 is 1.40 bits per heavy atom. The van der Waals surface area contributed by atoms with E-state index in [0.717, 1.165) is 12.8 Å². The Balaban J connectivity index is 1.63. The van der Waals surface area contributed by atoms with E-state index in [1.165, 1.54) is 11.3 Å². The highest BCUT2D eigenvalue weighted by atomic mass is 32.1. The number of ether oxygens (including phenoxy) is 1. The molecule has 2 N–H and O–H groups in total. The Morgan fingerprint density at radius 2 is 2.16 bits per heavy atom. The third-order valence-corrected chi connectivity index (χ3v) is 5.05. The Morgan fingerprint density at radius 3 is 2.88 bits per heavy atom. The van der Waals surface area contributed by atoms with Gasteiger partial charge in [-0.3, -0.25) is 20.4 Å². The molecular formula is C18H21N3O3S. The second kappa shape index (κ2) is 7.23. The maximum absolute atomic E-state index is 12.0. The Hall–Kier alpha value is -2.41. The number of thiazole rings is 1. The number of esters is 1. The normalized spacial score (nSPS) is 22.5. The molecule has 1 aromatic heterocycles. The number of amides is 1. The van der Waals surface area contributed by atoms with Crippen LogP contribution in [-0.2, 0) is 15.1 Å². The predicted octanol–water partition coefficient (Wildman–Crippen LogP) is 3.48. The smallest absolute Gasteiger partial charge is 0.310 e.